The second-order valence-corrected chi connectivity index (χ2v) is 7.89. The normalized spacial score (nSPS) is 13.7. The molecule has 1 atom stereocenters. The summed E-state index contributed by atoms with van der Waals surface area (Å²) in [7, 11) is -4.53. The largest absolute Gasteiger partial charge is 1.00 e. The molecule has 0 aromatic heterocycles. The van der Waals surface area contributed by atoms with E-state index in [2.05, 4.69) is 6.92 Å². The molecular weight excluding hydrogens is 351 g/mol. The molecule has 0 saturated heterocycles. The Bertz CT molecular complexity index is 550. The van der Waals surface area contributed by atoms with Gasteiger partial charge in [0.05, 0.1) is 6.61 Å². The Hall–Kier alpha value is -0.110. The Labute approximate surface area is 174 Å². The van der Waals surface area contributed by atoms with E-state index in [1.165, 1.54) is 13.3 Å². The Kier molecular flexibility index (Phi) is 13.1. The number of rotatable bonds is 13. The Morgan fingerprint density at radius 2 is 1.60 bits per heavy atom. The van der Waals surface area contributed by atoms with Crippen LogP contribution in [0.2, 0.25) is 0 Å². The Morgan fingerprint density at radius 1 is 1.00 bits per heavy atom. The van der Waals surface area contributed by atoms with Gasteiger partial charge in [-0.1, -0.05) is 57.2 Å². The smallest absolute Gasteiger partial charge is 0.746 e. The predicted octanol–water partition coefficient (Wildman–Crippen LogP) is 1.10. The van der Waals surface area contributed by atoms with Crippen molar-refractivity contribution < 1.29 is 52.0 Å². The van der Waals surface area contributed by atoms with E-state index in [9.17, 15) is 13.0 Å². The summed E-state index contributed by atoms with van der Waals surface area (Å²) in [4.78, 5) is -1.68. The van der Waals surface area contributed by atoms with Crippen molar-refractivity contribution in [3.05, 3.63) is 30.3 Å². The van der Waals surface area contributed by atoms with Crippen molar-refractivity contribution in [2.24, 2.45) is 0 Å². The molecule has 1 aromatic rings. The zero-order valence-corrected chi connectivity index (χ0v) is 18.5. The topological polar surface area (TPSA) is 75.7 Å². The van der Waals surface area contributed by atoms with E-state index < -0.39 is 15.1 Å². The molecule has 0 saturated carbocycles. The van der Waals surface area contributed by atoms with Crippen LogP contribution < -0.4 is 34.3 Å². The van der Waals surface area contributed by atoms with E-state index in [4.69, 9.17) is 9.47 Å². The van der Waals surface area contributed by atoms with Gasteiger partial charge < -0.3 is 14.0 Å². The van der Waals surface area contributed by atoms with Gasteiger partial charge in [-0.3, -0.25) is 0 Å². The first kappa shape index (κ1) is 24.9. The molecule has 5 nitrogen and oxygen atoms in total. The SMILES string of the molecule is CCCCCCCCC(C)(OCCOc1ccccc1)S(=O)(=O)[O-].[Na+]. The van der Waals surface area contributed by atoms with E-state index >= 15 is 0 Å². The van der Waals surface area contributed by atoms with Gasteiger partial charge in [0.15, 0.2) is 4.93 Å². The number of hydrogen-bond donors (Lipinski definition) is 0. The number of ether oxygens (including phenoxy) is 2. The number of hydrogen-bond acceptors (Lipinski definition) is 5. The third-order valence-electron chi connectivity index (χ3n) is 4.02. The summed E-state index contributed by atoms with van der Waals surface area (Å²) >= 11 is 0. The summed E-state index contributed by atoms with van der Waals surface area (Å²) in [5.74, 6) is 0.684. The molecule has 0 heterocycles. The molecule has 0 aliphatic rings. The molecule has 7 heteroatoms. The molecule has 1 unspecified atom stereocenters. The van der Waals surface area contributed by atoms with E-state index in [1.807, 2.05) is 18.2 Å². The second kappa shape index (κ2) is 13.1. The predicted molar refractivity (Wildman–Crippen MR) is 94.0 cm³/mol. The van der Waals surface area contributed by atoms with Crippen molar-refractivity contribution in [3.8, 4) is 5.75 Å². The number of unbranched alkanes of at least 4 members (excludes halogenated alkanes) is 5. The fourth-order valence-corrected chi connectivity index (χ4v) is 3.05. The summed E-state index contributed by atoms with van der Waals surface area (Å²) in [6.45, 7) is 3.77. The zero-order valence-electron chi connectivity index (χ0n) is 15.7. The molecule has 1 aromatic carbocycles. The third-order valence-corrected chi connectivity index (χ3v) is 5.40. The Balaban J connectivity index is 0.00000576. The van der Waals surface area contributed by atoms with E-state index in [0.717, 1.165) is 25.7 Å². The molecular formula is C18H29NaO5S. The molecule has 0 N–H and O–H groups in total. The molecule has 0 aliphatic heterocycles. The monoisotopic (exact) mass is 380 g/mol. The summed E-state index contributed by atoms with van der Waals surface area (Å²) < 4.78 is 45.6. The van der Waals surface area contributed by atoms with Crippen LogP contribution in [0.3, 0.4) is 0 Å². The van der Waals surface area contributed by atoms with Gasteiger partial charge in [0.25, 0.3) is 0 Å². The first-order valence-electron chi connectivity index (χ1n) is 8.66. The first-order valence-corrected chi connectivity index (χ1v) is 10.1. The molecule has 0 amide bonds. The summed E-state index contributed by atoms with van der Waals surface area (Å²) in [5, 5.41) is 0. The van der Waals surface area contributed by atoms with Crippen LogP contribution in [-0.2, 0) is 14.9 Å². The van der Waals surface area contributed by atoms with Gasteiger partial charge in [0.1, 0.15) is 22.5 Å². The van der Waals surface area contributed by atoms with Crippen LogP contribution in [0.15, 0.2) is 30.3 Å². The minimum atomic E-state index is -4.53. The van der Waals surface area contributed by atoms with Crippen molar-refractivity contribution >= 4 is 10.1 Å². The van der Waals surface area contributed by atoms with Crippen molar-refractivity contribution in [2.45, 2.75) is 63.7 Å². The Morgan fingerprint density at radius 3 is 2.20 bits per heavy atom. The maximum absolute atomic E-state index is 11.6. The number of benzene rings is 1. The molecule has 25 heavy (non-hydrogen) atoms. The van der Waals surface area contributed by atoms with Crippen LogP contribution in [0.4, 0.5) is 0 Å². The van der Waals surface area contributed by atoms with Crippen molar-refractivity contribution in [3.63, 3.8) is 0 Å². The van der Waals surface area contributed by atoms with Crippen LogP contribution in [0.1, 0.15) is 58.8 Å². The fourth-order valence-electron chi connectivity index (χ4n) is 2.43. The van der Waals surface area contributed by atoms with Crippen molar-refractivity contribution in [1.29, 1.82) is 0 Å². The third kappa shape index (κ3) is 9.97. The molecule has 0 fully saturated rings. The molecule has 0 radical (unpaired) electrons. The van der Waals surface area contributed by atoms with Gasteiger partial charge in [0, 0.05) is 0 Å². The van der Waals surface area contributed by atoms with E-state index in [-0.39, 0.29) is 49.2 Å². The second-order valence-electron chi connectivity index (χ2n) is 6.12. The average Bonchev–Trinajstić information content (AvgIpc) is 2.55. The average molecular weight is 380 g/mol. The van der Waals surface area contributed by atoms with Crippen molar-refractivity contribution in [1.82, 2.24) is 0 Å². The molecule has 0 aliphatic carbocycles. The maximum Gasteiger partial charge on any atom is 1.00 e. The van der Waals surface area contributed by atoms with Gasteiger partial charge in [-0.25, -0.2) is 8.42 Å². The first-order chi connectivity index (χ1) is 11.4. The van der Waals surface area contributed by atoms with Crippen molar-refractivity contribution in [2.75, 3.05) is 13.2 Å². The molecule has 0 bridgehead atoms. The fraction of sp³-hybridized carbons (Fsp3) is 0.667. The van der Waals surface area contributed by atoms with Crippen LogP contribution in [0.5, 0.6) is 5.75 Å². The minimum absolute atomic E-state index is 0. The van der Waals surface area contributed by atoms with Crippen LogP contribution in [0, 0.1) is 0 Å². The summed E-state index contributed by atoms with van der Waals surface area (Å²) in [5.41, 5.74) is 0. The van der Waals surface area contributed by atoms with Gasteiger partial charge >= 0.3 is 29.6 Å². The van der Waals surface area contributed by atoms with Gasteiger partial charge in [-0.15, -0.1) is 0 Å². The van der Waals surface area contributed by atoms with Crippen LogP contribution >= 0.6 is 0 Å². The summed E-state index contributed by atoms with van der Waals surface area (Å²) in [6.07, 6.45) is 6.34. The van der Waals surface area contributed by atoms with Crippen LogP contribution in [0.25, 0.3) is 0 Å². The number of para-hydroxylation sites is 1. The zero-order chi connectivity index (χ0) is 17.9. The summed E-state index contributed by atoms with van der Waals surface area (Å²) in [6, 6.07) is 9.19. The maximum atomic E-state index is 11.6. The standard InChI is InChI=1S/C18H30O5S.Na/c1-3-4-5-6-7-11-14-18(2,24(19,20)21)23-16-15-22-17-12-9-8-10-13-17;/h8-10,12-13H,3-7,11,14-16H2,1-2H3,(H,19,20,21);/q;+1/p-1. The van der Waals surface area contributed by atoms with E-state index in [0.29, 0.717) is 12.2 Å². The van der Waals surface area contributed by atoms with Crippen LogP contribution in [-0.4, -0.2) is 31.1 Å². The molecule has 138 valence electrons. The van der Waals surface area contributed by atoms with Gasteiger partial charge in [0.2, 0.25) is 0 Å². The van der Waals surface area contributed by atoms with E-state index in [1.54, 1.807) is 12.1 Å². The quantitative estimate of drug-likeness (QED) is 0.291. The molecule has 1 rings (SSSR count). The van der Waals surface area contributed by atoms with Gasteiger partial charge in [-0.2, -0.15) is 0 Å². The van der Waals surface area contributed by atoms with Gasteiger partial charge in [-0.05, 0) is 31.9 Å². The molecule has 0 spiro atoms. The minimum Gasteiger partial charge on any atom is -0.746 e.